The Morgan fingerprint density at radius 2 is 2.42 bits per heavy atom. The molecule has 0 spiro atoms. The van der Waals surface area contributed by atoms with Gasteiger partial charge in [0.1, 0.15) is 5.76 Å². The van der Waals surface area contributed by atoms with Gasteiger partial charge in [0.25, 0.3) is 0 Å². The Kier molecular flexibility index (Phi) is 3.84. The van der Waals surface area contributed by atoms with Crippen molar-refractivity contribution in [3.63, 3.8) is 0 Å². The molecule has 0 bridgehead atoms. The van der Waals surface area contributed by atoms with Gasteiger partial charge in [0, 0.05) is 6.54 Å². The van der Waals surface area contributed by atoms with E-state index in [0.29, 0.717) is 6.54 Å². The molecule has 3 nitrogen and oxygen atoms in total. The first kappa shape index (κ1) is 9.29. The number of aliphatic hydroxyl groups excluding tert-OH is 1. The normalized spacial score (nSPS) is 10.9. The summed E-state index contributed by atoms with van der Waals surface area (Å²) < 4.78 is 5.19. The molecule has 1 rings (SSSR count). The molecule has 0 aromatic carbocycles. The van der Waals surface area contributed by atoms with Crippen molar-refractivity contribution in [2.24, 2.45) is 0 Å². The van der Waals surface area contributed by atoms with Crippen LogP contribution in [0.3, 0.4) is 0 Å². The summed E-state index contributed by atoms with van der Waals surface area (Å²) in [6.45, 7) is 4.69. The van der Waals surface area contributed by atoms with Crippen LogP contribution in [0.4, 0.5) is 0 Å². The molecule has 68 valence electrons. The summed E-state index contributed by atoms with van der Waals surface area (Å²) in [6, 6.07) is 3.82. The van der Waals surface area contributed by atoms with Crippen LogP contribution >= 0.6 is 0 Å². The van der Waals surface area contributed by atoms with Crippen LogP contribution < -0.4 is 0 Å². The lowest BCUT2D eigenvalue weighted by atomic mass is 10.4. The van der Waals surface area contributed by atoms with Crippen molar-refractivity contribution in [1.29, 1.82) is 0 Å². The van der Waals surface area contributed by atoms with E-state index in [1.165, 1.54) is 0 Å². The number of rotatable bonds is 5. The minimum absolute atomic E-state index is 0.203. The highest BCUT2D eigenvalue weighted by Gasteiger charge is 2.03. The standard InChI is InChI=1S/C9H15NO2/c1-2-10(5-6-11)8-9-4-3-7-12-9/h3-4,7,11H,2,5-6,8H2,1H3. The molecule has 0 unspecified atom stereocenters. The van der Waals surface area contributed by atoms with Gasteiger partial charge in [0.2, 0.25) is 0 Å². The van der Waals surface area contributed by atoms with Gasteiger partial charge in [-0.2, -0.15) is 0 Å². The fraction of sp³-hybridized carbons (Fsp3) is 0.556. The Morgan fingerprint density at radius 1 is 1.58 bits per heavy atom. The van der Waals surface area contributed by atoms with Gasteiger partial charge in [-0.15, -0.1) is 0 Å². The van der Waals surface area contributed by atoms with Crippen LogP contribution in [0.5, 0.6) is 0 Å². The van der Waals surface area contributed by atoms with Crippen LogP contribution in [-0.4, -0.2) is 29.7 Å². The average molecular weight is 169 g/mol. The summed E-state index contributed by atoms with van der Waals surface area (Å²) in [5, 5.41) is 8.72. The second-order valence-corrected chi connectivity index (χ2v) is 2.67. The van der Waals surface area contributed by atoms with E-state index in [4.69, 9.17) is 9.52 Å². The quantitative estimate of drug-likeness (QED) is 0.717. The van der Waals surface area contributed by atoms with Crippen molar-refractivity contribution in [3.8, 4) is 0 Å². The van der Waals surface area contributed by atoms with Gasteiger partial charge in [0.15, 0.2) is 0 Å². The van der Waals surface area contributed by atoms with Crippen LogP contribution in [0.2, 0.25) is 0 Å². The van der Waals surface area contributed by atoms with Gasteiger partial charge in [-0.1, -0.05) is 6.92 Å². The molecule has 3 heteroatoms. The third-order valence-corrected chi connectivity index (χ3v) is 1.82. The number of nitrogens with zero attached hydrogens (tertiary/aromatic N) is 1. The molecule has 1 N–H and O–H groups in total. The second-order valence-electron chi connectivity index (χ2n) is 2.67. The van der Waals surface area contributed by atoms with Crippen LogP contribution in [0.25, 0.3) is 0 Å². The summed E-state index contributed by atoms with van der Waals surface area (Å²) in [7, 11) is 0. The molecule has 1 heterocycles. The highest BCUT2D eigenvalue weighted by Crippen LogP contribution is 2.04. The predicted octanol–water partition coefficient (Wildman–Crippen LogP) is 1.09. The molecule has 0 aliphatic carbocycles. The van der Waals surface area contributed by atoms with Crippen molar-refractivity contribution in [3.05, 3.63) is 24.2 Å². The van der Waals surface area contributed by atoms with Gasteiger partial charge in [0.05, 0.1) is 19.4 Å². The Labute approximate surface area is 72.6 Å². The molecule has 0 amide bonds. The maximum Gasteiger partial charge on any atom is 0.117 e. The summed E-state index contributed by atoms with van der Waals surface area (Å²) in [5.41, 5.74) is 0. The van der Waals surface area contributed by atoms with Crippen molar-refractivity contribution in [1.82, 2.24) is 4.90 Å². The monoisotopic (exact) mass is 169 g/mol. The first-order valence-corrected chi connectivity index (χ1v) is 4.22. The van der Waals surface area contributed by atoms with Crippen LogP contribution in [-0.2, 0) is 6.54 Å². The van der Waals surface area contributed by atoms with Gasteiger partial charge < -0.3 is 9.52 Å². The Morgan fingerprint density at radius 3 is 2.92 bits per heavy atom. The number of furan rings is 1. The molecule has 0 saturated carbocycles. The lowest BCUT2D eigenvalue weighted by Crippen LogP contribution is -2.25. The van der Waals surface area contributed by atoms with Gasteiger partial charge in [-0.3, -0.25) is 4.90 Å². The molecule has 1 aromatic heterocycles. The van der Waals surface area contributed by atoms with Crippen LogP contribution in [0, 0.1) is 0 Å². The highest BCUT2D eigenvalue weighted by molar-refractivity contribution is 4.97. The van der Waals surface area contributed by atoms with Crippen LogP contribution in [0.15, 0.2) is 22.8 Å². The topological polar surface area (TPSA) is 36.6 Å². The highest BCUT2D eigenvalue weighted by atomic mass is 16.3. The van der Waals surface area contributed by atoms with E-state index in [2.05, 4.69) is 11.8 Å². The molecule has 0 atom stereocenters. The van der Waals surface area contributed by atoms with Crippen LogP contribution in [0.1, 0.15) is 12.7 Å². The van der Waals surface area contributed by atoms with E-state index in [-0.39, 0.29) is 6.61 Å². The zero-order valence-electron chi connectivity index (χ0n) is 7.36. The number of hydrogen-bond donors (Lipinski definition) is 1. The maximum atomic E-state index is 8.72. The first-order valence-electron chi connectivity index (χ1n) is 4.22. The molecule has 0 fully saturated rings. The first-order chi connectivity index (χ1) is 5.86. The fourth-order valence-electron chi connectivity index (χ4n) is 1.11. The third-order valence-electron chi connectivity index (χ3n) is 1.82. The molecule has 0 saturated heterocycles. The van der Waals surface area contributed by atoms with Crippen molar-refractivity contribution < 1.29 is 9.52 Å². The zero-order valence-corrected chi connectivity index (χ0v) is 7.36. The van der Waals surface area contributed by atoms with Gasteiger partial charge >= 0.3 is 0 Å². The number of likely N-dealkylation sites (N-methyl/N-ethyl adjacent to an activating group) is 1. The predicted molar refractivity (Wildman–Crippen MR) is 46.7 cm³/mol. The molecule has 0 radical (unpaired) electrons. The summed E-state index contributed by atoms with van der Waals surface area (Å²) in [4.78, 5) is 2.12. The maximum absolute atomic E-state index is 8.72. The Bertz CT molecular complexity index is 196. The van der Waals surface area contributed by atoms with Crippen molar-refractivity contribution >= 4 is 0 Å². The van der Waals surface area contributed by atoms with Gasteiger partial charge in [-0.05, 0) is 18.7 Å². The Hall–Kier alpha value is -0.800. The molecule has 12 heavy (non-hydrogen) atoms. The largest absolute Gasteiger partial charge is 0.468 e. The summed E-state index contributed by atoms with van der Waals surface area (Å²) in [5.74, 6) is 0.949. The lowest BCUT2D eigenvalue weighted by molar-refractivity contribution is 0.187. The number of hydrogen-bond acceptors (Lipinski definition) is 3. The molecular formula is C9H15NO2. The fourth-order valence-corrected chi connectivity index (χ4v) is 1.11. The number of aliphatic hydroxyl groups is 1. The van der Waals surface area contributed by atoms with E-state index >= 15 is 0 Å². The zero-order chi connectivity index (χ0) is 8.81. The van der Waals surface area contributed by atoms with Crippen molar-refractivity contribution in [2.75, 3.05) is 19.7 Å². The SMILES string of the molecule is CCN(CCO)Cc1ccco1. The summed E-state index contributed by atoms with van der Waals surface area (Å²) >= 11 is 0. The van der Waals surface area contributed by atoms with E-state index in [1.807, 2.05) is 12.1 Å². The van der Waals surface area contributed by atoms with Gasteiger partial charge in [-0.25, -0.2) is 0 Å². The second kappa shape index (κ2) is 4.95. The average Bonchev–Trinajstić information content (AvgIpc) is 2.56. The molecule has 0 aliphatic heterocycles. The minimum Gasteiger partial charge on any atom is -0.468 e. The molecule has 0 aliphatic rings. The van der Waals surface area contributed by atoms with E-state index in [1.54, 1.807) is 6.26 Å². The lowest BCUT2D eigenvalue weighted by Gasteiger charge is -2.16. The third kappa shape index (κ3) is 2.68. The van der Waals surface area contributed by atoms with Crippen molar-refractivity contribution in [2.45, 2.75) is 13.5 Å². The summed E-state index contributed by atoms with van der Waals surface area (Å²) in [6.07, 6.45) is 1.67. The van der Waals surface area contributed by atoms with E-state index in [0.717, 1.165) is 18.8 Å². The molecular weight excluding hydrogens is 154 g/mol. The smallest absolute Gasteiger partial charge is 0.117 e. The van der Waals surface area contributed by atoms with E-state index in [9.17, 15) is 0 Å². The Balaban J connectivity index is 2.37. The minimum atomic E-state index is 0.203. The van der Waals surface area contributed by atoms with E-state index < -0.39 is 0 Å². The molecule has 1 aromatic rings.